The third-order valence-electron chi connectivity index (χ3n) is 3.51. The Morgan fingerprint density at radius 3 is 1.74 bits per heavy atom. The van der Waals surface area contributed by atoms with Gasteiger partial charge in [-0.05, 0) is 46.6 Å². The van der Waals surface area contributed by atoms with Gasteiger partial charge in [-0.3, -0.25) is 9.59 Å². The molecular formula is C18H28O5. The number of rotatable bonds is 8. The van der Waals surface area contributed by atoms with Crippen molar-refractivity contribution in [1.29, 1.82) is 0 Å². The summed E-state index contributed by atoms with van der Waals surface area (Å²) in [6, 6.07) is 0. The predicted molar refractivity (Wildman–Crippen MR) is 87.6 cm³/mol. The molecule has 0 saturated carbocycles. The second-order valence-corrected chi connectivity index (χ2v) is 6.19. The number of carbonyl (C=O) groups is 2. The highest BCUT2D eigenvalue weighted by Gasteiger charge is 2.47. The van der Waals surface area contributed by atoms with Gasteiger partial charge in [0.15, 0.2) is 0 Å². The van der Waals surface area contributed by atoms with Crippen LogP contribution in [0.3, 0.4) is 0 Å². The number of hydrogen-bond donors (Lipinski definition) is 0. The molecule has 0 aromatic rings. The summed E-state index contributed by atoms with van der Waals surface area (Å²) in [7, 11) is 1.54. The molecule has 0 amide bonds. The van der Waals surface area contributed by atoms with Gasteiger partial charge in [0, 0.05) is 0 Å². The van der Waals surface area contributed by atoms with Crippen LogP contribution in [0, 0.1) is 5.92 Å². The molecule has 0 bridgehead atoms. The van der Waals surface area contributed by atoms with Crippen LogP contribution >= 0.6 is 0 Å². The van der Waals surface area contributed by atoms with E-state index in [1.807, 2.05) is 34.6 Å². The van der Waals surface area contributed by atoms with E-state index in [-0.39, 0.29) is 35.3 Å². The van der Waals surface area contributed by atoms with Crippen LogP contribution in [-0.2, 0) is 23.8 Å². The number of Topliss-reactive ketones (excluding diaryl/α,β-unsaturated/α-hetero) is 2. The van der Waals surface area contributed by atoms with Crippen molar-refractivity contribution < 1.29 is 23.8 Å². The molecule has 0 aliphatic heterocycles. The Morgan fingerprint density at radius 2 is 1.43 bits per heavy atom. The first kappa shape index (κ1) is 19.3. The Labute approximate surface area is 138 Å². The second kappa shape index (κ2) is 8.18. The normalized spacial score (nSPS) is 17.3. The number of ether oxygens (including phenoxy) is 3. The average molecular weight is 324 g/mol. The minimum atomic E-state index is -0.891. The summed E-state index contributed by atoms with van der Waals surface area (Å²) in [6.07, 6.45) is 1.00. The Bertz CT molecular complexity index is 494. The second-order valence-electron chi connectivity index (χ2n) is 6.19. The molecule has 0 atom stereocenters. The van der Waals surface area contributed by atoms with E-state index in [0.717, 1.165) is 6.42 Å². The number of carbonyl (C=O) groups excluding carboxylic acids is 2. The van der Waals surface area contributed by atoms with Crippen LogP contribution in [-0.4, -0.2) is 30.9 Å². The summed E-state index contributed by atoms with van der Waals surface area (Å²) in [5, 5.41) is 0. The third kappa shape index (κ3) is 4.36. The number of hydrogen-bond acceptors (Lipinski definition) is 5. The lowest BCUT2D eigenvalue weighted by Crippen LogP contribution is -2.23. The Hall–Kier alpha value is -1.78. The molecule has 1 aliphatic carbocycles. The fourth-order valence-electron chi connectivity index (χ4n) is 2.54. The molecule has 0 aromatic heterocycles. The zero-order valence-corrected chi connectivity index (χ0v) is 15.2. The molecule has 1 aliphatic rings. The van der Waals surface area contributed by atoms with E-state index < -0.39 is 5.92 Å². The van der Waals surface area contributed by atoms with Gasteiger partial charge in [-0.25, -0.2) is 0 Å². The van der Waals surface area contributed by atoms with Gasteiger partial charge in [0.05, 0.1) is 25.1 Å². The molecule has 1 rings (SSSR count). The monoisotopic (exact) mass is 324 g/mol. The number of ketones is 2. The summed E-state index contributed by atoms with van der Waals surface area (Å²) in [4.78, 5) is 25.6. The van der Waals surface area contributed by atoms with Gasteiger partial charge < -0.3 is 14.2 Å². The van der Waals surface area contributed by atoms with Crippen molar-refractivity contribution in [2.24, 2.45) is 5.92 Å². The lowest BCUT2D eigenvalue weighted by molar-refractivity contribution is -0.127. The van der Waals surface area contributed by atoms with Crippen LogP contribution in [0.4, 0.5) is 0 Å². The molecule has 23 heavy (non-hydrogen) atoms. The van der Waals surface area contributed by atoms with Gasteiger partial charge in [-0.15, -0.1) is 0 Å². The van der Waals surface area contributed by atoms with Crippen molar-refractivity contribution in [3.05, 3.63) is 22.9 Å². The minimum Gasteiger partial charge on any atom is -0.501 e. The first-order chi connectivity index (χ1) is 10.7. The molecule has 0 N–H and O–H groups in total. The molecule has 0 saturated heterocycles. The molecule has 0 unspecified atom stereocenters. The van der Waals surface area contributed by atoms with E-state index in [1.54, 1.807) is 14.0 Å². The van der Waals surface area contributed by atoms with Gasteiger partial charge in [0.1, 0.15) is 5.92 Å². The van der Waals surface area contributed by atoms with Crippen molar-refractivity contribution in [3.63, 3.8) is 0 Å². The van der Waals surface area contributed by atoms with Gasteiger partial charge >= 0.3 is 0 Å². The van der Waals surface area contributed by atoms with Crippen molar-refractivity contribution in [3.8, 4) is 0 Å². The van der Waals surface area contributed by atoms with Gasteiger partial charge in [0.25, 0.3) is 0 Å². The van der Waals surface area contributed by atoms with Crippen molar-refractivity contribution in [1.82, 2.24) is 0 Å². The molecule has 5 nitrogen and oxygen atoms in total. The van der Waals surface area contributed by atoms with Crippen molar-refractivity contribution >= 4 is 11.6 Å². The van der Waals surface area contributed by atoms with Crippen molar-refractivity contribution in [2.45, 2.75) is 66.6 Å². The predicted octanol–water partition coefficient (Wildman–Crippen LogP) is 3.54. The van der Waals surface area contributed by atoms with Gasteiger partial charge in [-0.2, -0.15) is 0 Å². The maximum Gasteiger partial charge on any atom is 0.216 e. The fourth-order valence-corrected chi connectivity index (χ4v) is 2.54. The van der Waals surface area contributed by atoms with E-state index in [4.69, 9.17) is 14.2 Å². The van der Waals surface area contributed by atoms with Crippen LogP contribution < -0.4 is 0 Å². The van der Waals surface area contributed by atoms with E-state index in [0.29, 0.717) is 17.8 Å². The lowest BCUT2D eigenvalue weighted by Gasteiger charge is -2.16. The molecule has 0 heterocycles. The van der Waals surface area contributed by atoms with E-state index in [9.17, 15) is 9.59 Å². The van der Waals surface area contributed by atoms with E-state index in [2.05, 4.69) is 0 Å². The lowest BCUT2D eigenvalue weighted by atomic mass is 9.90. The maximum atomic E-state index is 12.8. The first-order valence-electron chi connectivity index (χ1n) is 8.14. The first-order valence-corrected chi connectivity index (χ1v) is 8.14. The molecule has 0 aromatic carbocycles. The van der Waals surface area contributed by atoms with Crippen molar-refractivity contribution in [2.75, 3.05) is 7.11 Å². The maximum absolute atomic E-state index is 12.8. The Balaban J connectivity index is 3.31. The molecule has 0 radical (unpaired) electrons. The van der Waals surface area contributed by atoms with Crippen LogP contribution in [0.15, 0.2) is 22.9 Å². The standard InChI is InChI=1S/C18H28O5/c1-8-9-13(12(6)21-7)14-15(19)17(22-10(2)3)18(16(14)20)23-11(4)5/h10-11,14H,8-9H2,1-7H3/b13-12-. The largest absolute Gasteiger partial charge is 0.501 e. The van der Waals surface area contributed by atoms with Crippen LogP contribution in [0.5, 0.6) is 0 Å². The Morgan fingerprint density at radius 1 is 1.00 bits per heavy atom. The molecule has 0 spiro atoms. The van der Waals surface area contributed by atoms with Crippen LogP contribution in [0.25, 0.3) is 0 Å². The topological polar surface area (TPSA) is 61.8 Å². The fraction of sp³-hybridized carbons (Fsp3) is 0.667. The highest BCUT2D eigenvalue weighted by atomic mass is 16.5. The summed E-state index contributed by atoms with van der Waals surface area (Å²) in [5.74, 6) is -0.869. The average Bonchev–Trinajstić information content (AvgIpc) is 2.68. The van der Waals surface area contributed by atoms with E-state index >= 15 is 0 Å². The van der Waals surface area contributed by atoms with Gasteiger partial charge in [0.2, 0.25) is 23.1 Å². The number of methoxy groups -OCH3 is 1. The molecule has 0 fully saturated rings. The summed E-state index contributed by atoms with van der Waals surface area (Å²) >= 11 is 0. The minimum absolute atomic E-state index is 0.0428. The smallest absolute Gasteiger partial charge is 0.216 e. The highest BCUT2D eigenvalue weighted by molar-refractivity contribution is 6.24. The van der Waals surface area contributed by atoms with E-state index in [1.165, 1.54) is 0 Å². The Kier molecular flexibility index (Phi) is 6.85. The summed E-state index contributed by atoms with van der Waals surface area (Å²) < 4.78 is 16.5. The molecular weight excluding hydrogens is 296 g/mol. The summed E-state index contributed by atoms with van der Waals surface area (Å²) in [6.45, 7) is 11.0. The molecule has 5 heteroatoms. The van der Waals surface area contributed by atoms with Crippen LogP contribution in [0.1, 0.15) is 54.4 Å². The van der Waals surface area contributed by atoms with Gasteiger partial charge in [-0.1, -0.05) is 13.3 Å². The zero-order valence-electron chi connectivity index (χ0n) is 15.2. The quantitative estimate of drug-likeness (QED) is 0.505. The van der Waals surface area contributed by atoms with Crippen LogP contribution in [0.2, 0.25) is 0 Å². The highest BCUT2D eigenvalue weighted by Crippen LogP contribution is 2.36. The third-order valence-corrected chi connectivity index (χ3v) is 3.51. The molecule has 130 valence electrons. The SMILES string of the molecule is CCC/C(=C(\C)OC)C1C(=O)C(OC(C)C)=C(OC(C)C)C1=O. The summed E-state index contributed by atoms with van der Waals surface area (Å²) in [5.41, 5.74) is 0.706. The zero-order chi connectivity index (χ0) is 17.7. The number of allylic oxidation sites excluding steroid dienone is 4.